The average molecular weight is 397 g/mol. The molecule has 0 radical (unpaired) electrons. The lowest BCUT2D eigenvalue weighted by atomic mass is 10.2. The molecular formula is C18H27N3O5S. The Morgan fingerprint density at radius 1 is 1.11 bits per heavy atom. The van der Waals surface area contributed by atoms with Gasteiger partial charge in [0.1, 0.15) is 0 Å². The minimum absolute atomic E-state index is 0.103. The molecule has 9 heteroatoms. The van der Waals surface area contributed by atoms with Crippen LogP contribution in [-0.4, -0.2) is 81.7 Å². The van der Waals surface area contributed by atoms with Gasteiger partial charge in [0, 0.05) is 31.9 Å². The van der Waals surface area contributed by atoms with Crippen LogP contribution in [0.2, 0.25) is 0 Å². The van der Waals surface area contributed by atoms with E-state index in [4.69, 9.17) is 9.47 Å². The van der Waals surface area contributed by atoms with Gasteiger partial charge in [-0.2, -0.15) is 4.31 Å². The molecular weight excluding hydrogens is 370 g/mol. The normalized spacial score (nSPS) is 25.3. The van der Waals surface area contributed by atoms with E-state index in [2.05, 4.69) is 10.2 Å². The van der Waals surface area contributed by atoms with Crippen LogP contribution in [0.15, 0.2) is 29.2 Å². The van der Waals surface area contributed by atoms with E-state index < -0.39 is 10.0 Å². The SMILES string of the molecule is C[C@@H]1CN(CC(=O)Nc2ccc(S(=O)(=O)N3CCOCC3)cc2)C[C@@H](C)O1. The van der Waals surface area contributed by atoms with Crippen LogP contribution in [0.3, 0.4) is 0 Å². The summed E-state index contributed by atoms with van der Waals surface area (Å²) in [6.45, 7) is 7.24. The summed E-state index contributed by atoms with van der Waals surface area (Å²) in [7, 11) is -3.52. The first-order valence-electron chi connectivity index (χ1n) is 9.20. The quantitative estimate of drug-likeness (QED) is 0.789. The molecule has 2 fully saturated rings. The fourth-order valence-corrected chi connectivity index (χ4v) is 4.87. The lowest BCUT2D eigenvalue weighted by molar-refractivity contribution is -0.121. The van der Waals surface area contributed by atoms with E-state index in [1.807, 2.05) is 13.8 Å². The zero-order chi connectivity index (χ0) is 19.4. The van der Waals surface area contributed by atoms with Gasteiger partial charge < -0.3 is 14.8 Å². The summed E-state index contributed by atoms with van der Waals surface area (Å²) in [4.78, 5) is 14.6. The Balaban J connectivity index is 1.58. The molecule has 0 aliphatic carbocycles. The molecule has 1 amide bonds. The van der Waals surface area contributed by atoms with Gasteiger partial charge in [-0.1, -0.05) is 0 Å². The summed E-state index contributed by atoms with van der Waals surface area (Å²) in [6, 6.07) is 6.30. The Kier molecular flexibility index (Phi) is 6.48. The molecule has 1 aromatic rings. The van der Waals surface area contributed by atoms with Crippen LogP contribution < -0.4 is 5.32 Å². The van der Waals surface area contributed by atoms with Crippen LogP contribution >= 0.6 is 0 Å². The van der Waals surface area contributed by atoms with Crippen LogP contribution in [0.1, 0.15) is 13.8 Å². The number of carbonyl (C=O) groups excluding carboxylic acids is 1. The van der Waals surface area contributed by atoms with Crippen LogP contribution in [0, 0.1) is 0 Å². The van der Waals surface area contributed by atoms with E-state index in [0.717, 1.165) is 0 Å². The fourth-order valence-electron chi connectivity index (χ4n) is 3.46. The van der Waals surface area contributed by atoms with Gasteiger partial charge in [-0.15, -0.1) is 0 Å². The van der Waals surface area contributed by atoms with Crippen molar-refractivity contribution in [3.8, 4) is 0 Å². The van der Waals surface area contributed by atoms with Gasteiger partial charge in [0.2, 0.25) is 15.9 Å². The molecule has 0 bridgehead atoms. The average Bonchev–Trinajstić information content (AvgIpc) is 2.62. The van der Waals surface area contributed by atoms with Crippen molar-refractivity contribution in [3.63, 3.8) is 0 Å². The minimum atomic E-state index is -3.52. The van der Waals surface area contributed by atoms with Crippen LogP contribution in [0.4, 0.5) is 5.69 Å². The van der Waals surface area contributed by atoms with Gasteiger partial charge in [0.05, 0.1) is 36.9 Å². The highest BCUT2D eigenvalue weighted by Gasteiger charge is 2.26. The molecule has 0 unspecified atom stereocenters. The largest absolute Gasteiger partial charge is 0.379 e. The monoisotopic (exact) mass is 397 g/mol. The molecule has 2 atom stereocenters. The number of carbonyl (C=O) groups is 1. The number of amides is 1. The van der Waals surface area contributed by atoms with Gasteiger partial charge in [-0.3, -0.25) is 9.69 Å². The highest BCUT2D eigenvalue weighted by atomic mass is 32.2. The molecule has 0 saturated carbocycles. The second-order valence-electron chi connectivity index (χ2n) is 7.04. The molecule has 2 aliphatic heterocycles. The predicted molar refractivity (Wildman–Crippen MR) is 101 cm³/mol. The Hall–Kier alpha value is -1.52. The summed E-state index contributed by atoms with van der Waals surface area (Å²) in [5, 5.41) is 2.83. The Morgan fingerprint density at radius 2 is 1.70 bits per heavy atom. The number of anilines is 1. The highest BCUT2D eigenvalue weighted by molar-refractivity contribution is 7.89. The maximum atomic E-state index is 12.6. The number of ether oxygens (including phenoxy) is 2. The van der Waals surface area contributed by atoms with Crippen molar-refractivity contribution >= 4 is 21.6 Å². The Morgan fingerprint density at radius 3 is 2.30 bits per heavy atom. The molecule has 3 rings (SSSR count). The lowest BCUT2D eigenvalue weighted by Crippen LogP contribution is -2.48. The molecule has 150 valence electrons. The predicted octanol–water partition coefficient (Wildman–Crippen LogP) is 0.755. The Bertz CT molecular complexity index is 737. The molecule has 0 aromatic heterocycles. The van der Waals surface area contributed by atoms with E-state index in [1.165, 1.54) is 16.4 Å². The fraction of sp³-hybridized carbons (Fsp3) is 0.611. The van der Waals surface area contributed by atoms with E-state index in [0.29, 0.717) is 45.1 Å². The maximum Gasteiger partial charge on any atom is 0.243 e. The van der Waals surface area contributed by atoms with Crippen molar-refractivity contribution in [2.45, 2.75) is 31.0 Å². The van der Waals surface area contributed by atoms with Gasteiger partial charge in [0.15, 0.2) is 0 Å². The molecule has 2 saturated heterocycles. The first kappa shape index (κ1) is 20.2. The third kappa shape index (κ3) is 5.26. The maximum absolute atomic E-state index is 12.6. The molecule has 1 N–H and O–H groups in total. The van der Waals surface area contributed by atoms with Crippen molar-refractivity contribution < 1.29 is 22.7 Å². The smallest absolute Gasteiger partial charge is 0.243 e. The van der Waals surface area contributed by atoms with E-state index >= 15 is 0 Å². The topological polar surface area (TPSA) is 88.2 Å². The summed E-state index contributed by atoms with van der Waals surface area (Å²) >= 11 is 0. The van der Waals surface area contributed by atoms with Crippen molar-refractivity contribution in [2.24, 2.45) is 0 Å². The van der Waals surface area contributed by atoms with Gasteiger partial charge in [0.25, 0.3) is 0 Å². The molecule has 2 aliphatic rings. The third-order valence-electron chi connectivity index (χ3n) is 4.61. The van der Waals surface area contributed by atoms with E-state index in [-0.39, 0.29) is 29.6 Å². The third-order valence-corrected chi connectivity index (χ3v) is 6.52. The standard InChI is InChI=1S/C18H27N3O5S/c1-14-11-20(12-15(2)26-14)13-18(22)19-16-3-5-17(6-4-16)27(23,24)21-7-9-25-10-8-21/h3-6,14-15H,7-13H2,1-2H3,(H,19,22)/t14-,15-/m1/s1. The van der Waals surface area contributed by atoms with E-state index in [9.17, 15) is 13.2 Å². The number of sulfonamides is 1. The summed E-state index contributed by atoms with van der Waals surface area (Å²) in [5.41, 5.74) is 0.579. The first-order valence-corrected chi connectivity index (χ1v) is 10.6. The number of morpholine rings is 2. The van der Waals surface area contributed by atoms with Crippen molar-refractivity contribution in [3.05, 3.63) is 24.3 Å². The molecule has 2 heterocycles. The number of nitrogens with one attached hydrogen (secondary N) is 1. The van der Waals surface area contributed by atoms with Gasteiger partial charge >= 0.3 is 0 Å². The van der Waals surface area contributed by atoms with Crippen LogP contribution in [-0.2, 0) is 24.3 Å². The zero-order valence-corrected chi connectivity index (χ0v) is 16.6. The van der Waals surface area contributed by atoms with Crippen LogP contribution in [0.5, 0.6) is 0 Å². The summed E-state index contributed by atoms with van der Waals surface area (Å²) < 4.78 is 37.5. The van der Waals surface area contributed by atoms with Crippen molar-refractivity contribution in [2.75, 3.05) is 51.3 Å². The molecule has 0 spiro atoms. The van der Waals surface area contributed by atoms with Crippen molar-refractivity contribution in [1.29, 1.82) is 0 Å². The molecule has 27 heavy (non-hydrogen) atoms. The van der Waals surface area contributed by atoms with E-state index in [1.54, 1.807) is 12.1 Å². The van der Waals surface area contributed by atoms with Gasteiger partial charge in [-0.05, 0) is 38.1 Å². The number of rotatable bonds is 5. The lowest BCUT2D eigenvalue weighted by Gasteiger charge is -2.34. The second kappa shape index (κ2) is 8.66. The Labute approximate surface area is 160 Å². The number of nitrogens with zero attached hydrogens (tertiary/aromatic N) is 2. The molecule has 8 nitrogen and oxygen atoms in total. The summed E-state index contributed by atoms with van der Waals surface area (Å²) in [6.07, 6.45) is 0.206. The number of benzene rings is 1. The second-order valence-corrected chi connectivity index (χ2v) is 8.98. The number of hydrogen-bond donors (Lipinski definition) is 1. The van der Waals surface area contributed by atoms with Gasteiger partial charge in [-0.25, -0.2) is 8.42 Å². The van der Waals surface area contributed by atoms with Crippen LogP contribution in [0.25, 0.3) is 0 Å². The zero-order valence-electron chi connectivity index (χ0n) is 15.8. The first-order chi connectivity index (χ1) is 12.8. The van der Waals surface area contributed by atoms with Crippen molar-refractivity contribution in [1.82, 2.24) is 9.21 Å². The molecule has 1 aromatic carbocycles. The number of hydrogen-bond acceptors (Lipinski definition) is 6. The minimum Gasteiger partial charge on any atom is -0.379 e. The summed E-state index contributed by atoms with van der Waals surface area (Å²) in [5.74, 6) is -0.125. The highest BCUT2D eigenvalue weighted by Crippen LogP contribution is 2.19.